The van der Waals surface area contributed by atoms with E-state index in [1.54, 1.807) is 11.2 Å². The maximum Gasteiger partial charge on any atom is 0.410 e. The van der Waals surface area contributed by atoms with Crippen LogP contribution in [0.5, 0.6) is 0 Å². The predicted molar refractivity (Wildman–Crippen MR) is 93.7 cm³/mol. The molecule has 0 bridgehead atoms. The molecule has 1 amide bonds. The van der Waals surface area contributed by atoms with Crippen LogP contribution in [0.1, 0.15) is 26.3 Å². The third-order valence-corrected chi connectivity index (χ3v) is 4.10. The van der Waals surface area contributed by atoms with Crippen molar-refractivity contribution in [2.75, 3.05) is 31.9 Å². The number of furan rings is 1. The monoisotopic (exact) mass is 331 g/mol. The van der Waals surface area contributed by atoms with E-state index in [1.807, 2.05) is 39.0 Å². The summed E-state index contributed by atoms with van der Waals surface area (Å²) >= 11 is 0. The minimum atomic E-state index is -0.453. The zero-order valence-corrected chi connectivity index (χ0v) is 14.5. The van der Waals surface area contributed by atoms with Gasteiger partial charge in [0.25, 0.3) is 0 Å². The second-order valence-corrected chi connectivity index (χ2v) is 7.26. The van der Waals surface area contributed by atoms with Crippen molar-refractivity contribution in [1.82, 2.24) is 9.80 Å². The number of hydrogen-bond donors (Lipinski definition) is 1. The first-order valence-electron chi connectivity index (χ1n) is 8.28. The molecule has 130 valence electrons. The smallest absolute Gasteiger partial charge is 0.410 e. The Bertz CT molecular complexity index is 725. The van der Waals surface area contributed by atoms with Gasteiger partial charge in [-0.15, -0.1) is 0 Å². The number of piperazine rings is 1. The molecule has 6 heteroatoms. The highest BCUT2D eigenvalue weighted by Gasteiger charge is 2.26. The van der Waals surface area contributed by atoms with Gasteiger partial charge >= 0.3 is 6.09 Å². The zero-order valence-electron chi connectivity index (χ0n) is 14.5. The number of nitrogens with two attached hydrogens (primary N) is 1. The van der Waals surface area contributed by atoms with E-state index in [1.165, 1.54) is 0 Å². The summed E-state index contributed by atoms with van der Waals surface area (Å²) < 4.78 is 11.0. The van der Waals surface area contributed by atoms with Gasteiger partial charge in [0.2, 0.25) is 0 Å². The molecule has 2 aromatic rings. The molecule has 3 rings (SSSR count). The number of nitrogens with zero attached hydrogens (tertiary/aromatic N) is 2. The molecule has 1 aliphatic rings. The number of hydrogen-bond acceptors (Lipinski definition) is 5. The largest absolute Gasteiger partial charge is 0.464 e. The van der Waals surface area contributed by atoms with Gasteiger partial charge in [-0.05, 0) is 32.9 Å². The maximum absolute atomic E-state index is 12.1. The first-order chi connectivity index (χ1) is 11.3. The molecular weight excluding hydrogens is 306 g/mol. The first kappa shape index (κ1) is 16.6. The second-order valence-electron chi connectivity index (χ2n) is 7.26. The minimum absolute atomic E-state index is 0.230. The third-order valence-electron chi connectivity index (χ3n) is 4.10. The lowest BCUT2D eigenvalue weighted by atomic mass is 10.1. The van der Waals surface area contributed by atoms with Crippen molar-refractivity contribution in [2.45, 2.75) is 32.9 Å². The molecule has 2 N–H and O–H groups in total. The Morgan fingerprint density at radius 1 is 1.25 bits per heavy atom. The van der Waals surface area contributed by atoms with E-state index in [9.17, 15) is 4.79 Å². The van der Waals surface area contributed by atoms with Crippen LogP contribution in [-0.4, -0.2) is 47.7 Å². The van der Waals surface area contributed by atoms with Gasteiger partial charge in [0.15, 0.2) is 0 Å². The lowest BCUT2D eigenvalue weighted by Crippen LogP contribution is -2.49. The number of benzene rings is 1. The molecule has 0 radical (unpaired) electrons. The summed E-state index contributed by atoms with van der Waals surface area (Å²) in [5, 5.41) is 1.10. The molecule has 0 saturated carbocycles. The molecule has 0 unspecified atom stereocenters. The quantitative estimate of drug-likeness (QED) is 0.856. The molecule has 1 aromatic heterocycles. The normalized spacial score (nSPS) is 16.5. The van der Waals surface area contributed by atoms with Gasteiger partial charge in [-0.25, -0.2) is 4.79 Å². The van der Waals surface area contributed by atoms with Gasteiger partial charge in [-0.1, -0.05) is 0 Å². The van der Waals surface area contributed by atoms with E-state index in [4.69, 9.17) is 14.9 Å². The molecule has 1 aliphatic heterocycles. The van der Waals surface area contributed by atoms with E-state index < -0.39 is 5.60 Å². The van der Waals surface area contributed by atoms with Crippen LogP contribution in [0.3, 0.4) is 0 Å². The van der Waals surface area contributed by atoms with Crippen LogP contribution in [0.2, 0.25) is 0 Å². The van der Waals surface area contributed by atoms with Crippen molar-refractivity contribution < 1.29 is 13.9 Å². The van der Waals surface area contributed by atoms with Crippen LogP contribution in [0.25, 0.3) is 11.0 Å². The highest BCUT2D eigenvalue weighted by molar-refractivity contribution is 5.83. The van der Waals surface area contributed by atoms with Gasteiger partial charge in [0, 0.05) is 55.4 Å². The van der Waals surface area contributed by atoms with Crippen molar-refractivity contribution >= 4 is 22.7 Å². The molecule has 0 aliphatic carbocycles. The molecule has 0 atom stereocenters. The fraction of sp³-hybridized carbons (Fsp3) is 0.500. The summed E-state index contributed by atoms with van der Waals surface area (Å²) in [6.07, 6.45) is 1.57. The second kappa shape index (κ2) is 6.36. The van der Waals surface area contributed by atoms with Gasteiger partial charge in [-0.2, -0.15) is 0 Å². The van der Waals surface area contributed by atoms with Crippen LogP contribution in [0.15, 0.2) is 28.9 Å². The average Bonchev–Trinajstić information content (AvgIpc) is 2.88. The first-order valence-corrected chi connectivity index (χ1v) is 8.28. The van der Waals surface area contributed by atoms with Crippen molar-refractivity contribution in [3.63, 3.8) is 0 Å². The lowest BCUT2D eigenvalue weighted by molar-refractivity contribution is 0.0139. The molecule has 1 fully saturated rings. The van der Waals surface area contributed by atoms with E-state index in [0.29, 0.717) is 18.8 Å². The fourth-order valence-electron chi connectivity index (χ4n) is 2.88. The summed E-state index contributed by atoms with van der Waals surface area (Å²) in [5.74, 6) is 0. The van der Waals surface area contributed by atoms with Gasteiger partial charge in [0.1, 0.15) is 11.2 Å². The molecule has 24 heavy (non-hydrogen) atoms. The van der Waals surface area contributed by atoms with Crippen LogP contribution in [0, 0.1) is 0 Å². The van der Waals surface area contributed by atoms with Crippen molar-refractivity contribution in [3.05, 3.63) is 30.0 Å². The number of rotatable bonds is 2. The highest BCUT2D eigenvalue weighted by atomic mass is 16.6. The lowest BCUT2D eigenvalue weighted by Gasteiger charge is -2.35. The number of ether oxygens (including phenoxy) is 1. The number of fused-ring (bicyclic) bond motifs is 1. The molecule has 6 nitrogen and oxygen atoms in total. The predicted octanol–water partition coefficient (Wildman–Crippen LogP) is 3.07. The zero-order chi connectivity index (χ0) is 17.3. The molecule has 1 aromatic carbocycles. The van der Waals surface area contributed by atoms with Gasteiger partial charge < -0.3 is 19.8 Å². The van der Waals surface area contributed by atoms with Crippen molar-refractivity contribution in [1.29, 1.82) is 0 Å². The summed E-state index contributed by atoms with van der Waals surface area (Å²) in [4.78, 5) is 16.2. The Labute approximate surface area is 142 Å². The van der Waals surface area contributed by atoms with Gasteiger partial charge in [-0.3, -0.25) is 4.90 Å². The number of anilines is 1. The molecule has 1 saturated heterocycles. The molecule has 2 heterocycles. The Hall–Kier alpha value is -2.21. The number of nitrogen functional groups attached to an aromatic ring is 1. The number of amides is 1. The Morgan fingerprint density at radius 2 is 1.96 bits per heavy atom. The van der Waals surface area contributed by atoms with E-state index in [0.717, 1.165) is 36.2 Å². The fourth-order valence-corrected chi connectivity index (χ4v) is 2.88. The number of carbonyl (C=O) groups is 1. The SMILES string of the molecule is CC(C)(C)OC(=O)N1CCN(Cc2coc3cc(N)ccc23)CC1. The third kappa shape index (κ3) is 3.82. The van der Waals surface area contributed by atoms with Crippen LogP contribution >= 0.6 is 0 Å². The van der Waals surface area contributed by atoms with E-state index in [-0.39, 0.29) is 6.09 Å². The Balaban J connectivity index is 1.58. The van der Waals surface area contributed by atoms with Crippen LogP contribution < -0.4 is 5.73 Å². The highest BCUT2D eigenvalue weighted by Crippen LogP contribution is 2.25. The van der Waals surface area contributed by atoms with Crippen molar-refractivity contribution in [2.24, 2.45) is 0 Å². The minimum Gasteiger partial charge on any atom is -0.464 e. The Kier molecular flexibility index (Phi) is 4.41. The Morgan fingerprint density at radius 3 is 2.62 bits per heavy atom. The van der Waals surface area contributed by atoms with E-state index in [2.05, 4.69) is 4.90 Å². The van der Waals surface area contributed by atoms with Gasteiger partial charge in [0.05, 0.1) is 6.26 Å². The summed E-state index contributed by atoms with van der Waals surface area (Å²) in [6.45, 7) is 9.46. The van der Waals surface area contributed by atoms with Crippen LogP contribution in [-0.2, 0) is 11.3 Å². The summed E-state index contributed by atoms with van der Waals surface area (Å²) in [5.41, 5.74) is 8.00. The topological polar surface area (TPSA) is 71.9 Å². The molecule has 0 spiro atoms. The maximum atomic E-state index is 12.1. The summed E-state index contributed by atoms with van der Waals surface area (Å²) in [6, 6.07) is 5.74. The van der Waals surface area contributed by atoms with Crippen LogP contribution in [0.4, 0.5) is 10.5 Å². The summed E-state index contributed by atoms with van der Waals surface area (Å²) in [7, 11) is 0. The van der Waals surface area contributed by atoms with Crippen molar-refractivity contribution in [3.8, 4) is 0 Å². The standard InChI is InChI=1S/C18H25N3O3/c1-18(2,3)24-17(22)21-8-6-20(7-9-21)11-13-12-23-16-10-14(19)4-5-15(13)16/h4-5,10,12H,6-9,11,19H2,1-3H3. The molecular formula is C18H25N3O3. The van der Waals surface area contributed by atoms with E-state index >= 15 is 0 Å². The average molecular weight is 331 g/mol. The number of carbonyl (C=O) groups excluding carboxylic acids is 1.